The molecule has 1 unspecified atom stereocenters. The number of likely N-dealkylation sites (tertiary alicyclic amines) is 1. The average Bonchev–Trinajstić information content (AvgIpc) is 2.14. The summed E-state index contributed by atoms with van der Waals surface area (Å²) in [5.74, 6) is 0. The zero-order valence-electron chi connectivity index (χ0n) is 10.3. The van der Waals surface area contributed by atoms with Crippen LogP contribution in [0, 0.1) is 0 Å². The maximum Gasteiger partial charge on any atom is 0.0220 e. The van der Waals surface area contributed by atoms with E-state index in [0.717, 1.165) is 12.6 Å². The number of hydrogen-bond acceptors (Lipinski definition) is 2. The van der Waals surface area contributed by atoms with Crippen molar-refractivity contribution < 1.29 is 0 Å². The highest BCUT2D eigenvalue weighted by molar-refractivity contribution is 4.81. The van der Waals surface area contributed by atoms with Crippen LogP contribution in [-0.4, -0.2) is 36.1 Å². The van der Waals surface area contributed by atoms with E-state index in [-0.39, 0.29) is 5.54 Å². The van der Waals surface area contributed by atoms with Crippen molar-refractivity contribution in [3.05, 3.63) is 0 Å². The van der Waals surface area contributed by atoms with E-state index in [4.69, 9.17) is 0 Å². The van der Waals surface area contributed by atoms with Gasteiger partial charge in [0.15, 0.2) is 0 Å². The molecule has 0 aromatic rings. The van der Waals surface area contributed by atoms with Crippen molar-refractivity contribution in [2.75, 3.05) is 19.6 Å². The molecule has 1 N–H and O–H groups in total. The third-order valence-electron chi connectivity index (χ3n) is 3.02. The molecule has 1 aliphatic heterocycles. The Morgan fingerprint density at radius 2 is 2.00 bits per heavy atom. The van der Waals surface area contributed by atoms with Gasteiger partial charge in [-0.25, -0.2) is 0 Å². The lowest BCUT2D eigenvalue weighted by Gasteiger charge is -2.36. The molecule has 2 nitrogen and oxygen atoms in total. The molecule has 0 saturated carbocycles. The van der Waals surface area contributed by atoms with Crippen LogP contribution in [-0.2, 0) is 0 Å². The molecule has 1 atom stereocenters. The Balaban J connectivity index is 2.33. The molecular weight excluding hydrogens is 172 g/mol. The van der Waals surface area contributed by atoms with Gasteiger partial charge >= 0.3 is 0 Å². The van der Waals surface area contributed by atoms with E-state index in [1.54, 1.807) is 0 Å². The fraction of sp³-hybridized carbons (Fsp3) is 1.00. The van der Waals surface area contributed by atoms with Gasteiger partial charge in [-0.05, 0) is 46.7 Å². The molecule has 0 aromatic carbocycles. The number of piperidine rings is 1. The standard InChI is InChI=1S/C12H26N2/c1-5-14-9-7-6-8-11(14)10-13-12(2,3)4/h11,13H,5-10H2,1-4H3. The monoisotopic (exact) mass is 198 g/mol. The summed E-state index contributed by atoms with van der Waals surface area (Å²) < 4.78 is 0. The lowest BCUT2D eigenvalue weighted by atomic mass is 10.0. The highest BCUT2D eigenvalue weighted by atomic mass is 15.2. The molecule has 0 amide bonds. The summed E-state index contributed by atoms with van der Waals surface area (Å²) in [6.45, 7) is 12.7. The van der Waals surface area contributed by atoms with E-state index in [2.05, 4.69) is 37.9 Å². The first-order valence-electron chi connectivity index (χ1n) is 6.02. The van der Waals surface area contributed by atoms with Gasteiger partial charge in [0.25, 0.3) is 0 Å². The van der Waals surface area contributed by atoms with Crippen LogP contribution in [0.5, 0.6) is 0 Å². The van der Waals surface area contributed by atoms with E-state index in [0.29, 0.717) is 0 Å². The largest absolute Gasteiger partial charge is 0.311 e. The van der Waals surface area contributed by atoms with E-state index >= 15 is 0 Å². The number of rotatable bonds is 3. The van der Waals surface area contributed by atoms with Crippen molar-refractivity contribution in [1.29, 1.82) is 0 Å². The summed E-state index contributed by atoms with van der Waals surface area (Å²) in [6.07, 6.45) is 4.17. The van der Waals surface area contributed by atoms with Crippen LogP contribution in [0.2, 0.25) is 0 Å². The van der Waals surface area contributed by atoms with Gasteiger partial charge in [0.05, 0.1) is 0 Å². The van der Waals surface area contributed by atoms with Crippen LogP contribution < -0.4 is 5.32 Å². The van der Waals surface area contributed by atoms with E-state index < -0.39 is 0 Å². The van der Waals surface area contributed by atoms with E-state index in [9.17, 15) is 0 Å². The minimum atomic E-state index is 0.261. The molecule has 1 aliphatic rings. The molecule has 84 valence electrons. The van der Waals surface area contributed by atoms with Crippen molar-refractivity contribution in [1.82, 2.24) is 10.2 Å². The van der Waals surface area contributed by atoms with Gasteiger partial charge < -0.3 is 5.32 Å². The first-order valence-corrected chi connectivity index (χ1v) is 6.02. The van der Waals surface area contributed by atoms with Crippen molar-refractivity contribution in [2.24, 2.45) is 0 Å². The van der Waals surface area contributed by atoms with Crippen LogP contribution in [0.15, 0.2) is 0 Å². The molecule has 2 heteroatoms. The fourth-order valence-electron chi connectivity index (χ4n) is 2.13. The van der Waals surface area contributed by atoms with Gasteiger partial charge in [0, 0.05) is 18.1 Å². The predicted molar refractivity (Wildman–Crippen MR) is 62.6 cm³/mol. The molecule has 1 fully saturated rings. The molecule has 0 bridgehead atoms. The molecular formula is C12H26N2. The Hall–Kier alpha value is -0.0800. The van der Waals surface area contributed by atoms with Gasteiger partial charge in [0.2, 0.25) is 0 Å². The third-order valence-corrected chi connectivity index (χ3v) is 3.02. The second kappa shape index (κ2) is 5.13. The molecule has 14 heavy (non-hydrogen) atoms. The first-order chi connectivity index (χ1) is 6.53. The molecule has 0 aromatic heterocycles. The third kappa shape index (κ3) is 3.97. The second-order valence-corrected chi connectivity index (χ2v) is 5.41. The summed E-state index contributed by atoms with van der Waals surface area (Å²) >= 11 is 0. The molecule has 0 spiro atoms. The average molecular weight is 198 g/mol. The van der Waals surface area contributed by atoms with Gasteiger partial charge in [-0.2, -0.15) is 0 Å². The maximum atomic E-state index is 3.61. The van der Waals surface area contributed by atoms with E-state index in [1.807, 2.05) is 0 Å². The van der Waals surface area contributed by atoms with Gasteiger partial charge in [0.1, 0.15) is 0 Å². The van der Waals surface area contributed by atoms with Crippen LogP contribution in [0.4, 0.5) is 0 Å². The molecule has 0 radical (unpaired) electrons. The van der Waals surface area contributed by atoms with Crippen molar-refractivity contribution in [2.45, 2.75) is 58.5 Å². The van der Waals surface area contributed by atoms with Crippen LogP contribution in [0.1, 0.15) is 47.0 Å². The number of nitrogens with one attached hydrogen (secondary N) is 1. The van der Waals surface area contributed by atoms with E-state index in [1.165, 1.54) is 32.4 Å². The fourth-order valence-corrected chi connectivity index (χ4v) is 2.13. The summed E-state index contributed by atoms with van der Waals surface area (Å²) in [6, 6.07) is 0.771. The normalized spacial score (nSPS) is 25.3. The second-order valence-electron chi connectivity index (χ2n) is 5.41. The van der Waals surface area contributed by atoms with Gasteiger partial charge in [-0.1, -0.05) is 13.3 Å². The Bertz CT molecular complexity index is 160. The number of likely N-dealkylation sites (N-methyl/N-ethyl adjacent to an activating group) is 1. The maximum absolute atomic E-state index is 3.61. The summed E-state index contributed by atoms with van der Waals surface area (Å²) in [5.41, 5.74) is 0.261. The highest BCUT2D eigenvalue weighted by Crippen LogP contribution is 2.16. The van der Waals surface area contributed by atoms with Crippen LogP contribution in [0.3, 0.4) is 0 Å². The highest BCUT2D eigenvalue weighted by Gasteiger charge is 2.22. The summed E-state index contributed by atoms with van der Waals surface area (Å²) in [4.78, 5) is 2.61. The first kappa shape index (κ1) is 12.0. The Kier molecular flexibility index (Phi) is 4.39. The van der Waals surface area contributed by atoms with Crippen molar-refractivity contribution in [3.8, 4) is 0 Å². The van der Waals surface area contributed by atoms with Crippen molar-refractivity contribution in [3.63, 3.8) is 0 Å². The van der Waals surface area contributed by atoms with Crippen LogP contribution in [0.25, 0.3) is 0 Å². The zero-order valence-corrected chi connectivity index (χ0v) is 10.3. The van der Waals surface area contributed by atoms with Gasteiger partial charge in [-0.15, -0.1) is 0 Å². The van der Waals surface area contributed by atoms with Gasteiger partial charge in [-0.3, -0.25) is 4.90 Å². The Morgan fingerprint density at radius 1 is 1.29 bits per heavy atom. The Morgan fingerprint density at radius 3 is 2.57 bits per heavy atom. The number of nitrogens with zero attached hydrogens (tertiary/aromatic N) is 1. The lowest BCUT2D eigenvalue weighted by Crippen LogP contribution is -2.49. The smallest absolute Gasteiger partial charge is 0.0220 e. The molecule has 1 rings (SSSR count). The predicted octanol–water partition coefficient (Wildman–Crippen LogP) is 2.25. The van der Waals surface area contributed by atoms with Crippen LogP contribution >= 0.6 is 0 Å². The number of hydrogen-bond donors (Lipinski definition) is 1. The lowest BCUT2D eigenvalue weighted by molar-refractivity contribution is 0.146. The molecule has 1 saturated heterocycles. The molecule has 0 aliphatic carbocycles. The zero-order chi connectivity index (χ0) is 10.6. The molecule has 1 heterocycles. The minimum absolute atomic E-state index is 0.261. The Labute approximate surface area is 89.1 Å². The summed E-state index contributed by atoms with van der Waals surface area (Å²) in [7, 11) is 0. The topological polar surface area (TPSA) is 15.3 Å². The SMILES string of the molecule is CCN1CCCCC1CNC(C)(C)C. The summed E-state index contributed by atoms with van der Waals surface area (Å²) in [5, 5.41) is 3.61. The quantitative estimate of drug-likeness (QED) is 0.748. The minimum Gasteiger partial charge on any atom is -0.311 e. The van der Waals surface area contributed by atoms with Crippen molar-refractivity contribution >= 4 is 0 Å².